The lowest BCUT2D eigenvalue weighted by Crippen LogP contribution is -2.03. The molecule has 0 saturated heterocycles. The van der Waals surface area contributed by atoms with Gasteiger partial charge in [0.2, 0.25) is 5.89 Å². The molecule has 1 heterocycles. The number of alkyl halides is 3. The molecule has 0 aliphatic heterocycles. The Bertz CT molecular complexity index is 823. The van der Waals surface area contributed by atoms with Crippen LogP contribution < -0.4 is 5.73 Å². The molecule has 0 atom stereocenters. The summed E-state index contributed by atoms with van der Waals surface area (Å²) in [7, 11) is 0. The monoisotopic (exact) mass is 296 g/mol. The zero-order chi connectivity index (χ0) is 15.2. The topological polar surface area (TPSA) is 52.0 Å². The summed E-state index contributed by atoms with van der Waals surface area (Å²) in [6.45, 7) is 0. The molecule has 108 valence electrons. The van der Waals surface area contributed by atoms with E-state index in [1.165, 1.54) is 18.2 Å². The molecule has 0 aliphatic carbocycles. The average Bonchev–Trinajstić information content (AvgIpc) is 2.83. The summed E-state index contributed by atoms with van der Waals surface area (Å²) in [4.78, 5) is 3.98. The van der Waals surface area contributed by atoms with Crippen molar-refractivity contribution in [3.05, 3.63) is 47.8 Å². The minimum atomic E-state index is -4.45. The maximum absolute atomic E-state index is 13.1. The summed E-state index contributed by atoms with van der Waals surface area (Å²) in [6, 6.07) is 6.85. The van der Waals surface area contributed by atoms with E-state index >= 15 is 0 Å². The lowest BCUT2D eigenvalue weighted by molar-refractivity contribution is -0.137. The van der Waals surface area contributed by atoms with Crippen molar-refractivity contribution in [1.29, 1.82) is 0 Å². The number of hydrogen-bond donors (Lipinski definition) is 1. The van der Waals surface area contributed by atoms with E-state index in [0.29, 0.717) is 5.56 Å². The van der Waals surface area contributed by atoms with Crippen LogP contribution in [-0.2, 0) is 6.18 Å². The summed E-state index contributed by atoms with van der Waals surface area (Å²) in [5, 5.41) is 0. The predicted octanol–water partition coefficient (Wildman–Crippen LogP) is 4.23. The van der Waals surface area contributed by atoms with Crippen LogP contribution in [0.25, 0.3) is 22.6 Å². The van der Waals surface area contributed by atoms with Crippen molar-refractivity contribution in [1.82, 2.24) is 4.98 Å². The van der Waals surface area contributed by atoms with Crippen LogP contribution in [0.15, 0.2) is 40.8 Å². The van der Waals surface area contributed by atoms with Crippen LogP contribution in [0.4, 0.5) is 23.2 Å². The number of benzene rings is 2. The van der Waals surface area contributed by atoms with Crippen molar-refractivity contribution in [3.63, 3.8) is 0 Å². The van der Waals surface area contributed by atoms with Gasteiger partial charge in [-0.2, -0.15) is 13.2 Å². The predicted molar refractivity (Wildman–Crippen MR) is 68.8 cm³/mol. The Labute approximate surface area is 116 Å². The SMILES string of the molecule is Nc1cc(-c2nc3cc(C(F)(F)F)ccc3o2)ccc1F. The van der Waals surface area contributed by atoms with Crippen molar-refractivity contribution < 1.29 is 22.0 Å². The van der Waals surface area contributed by atoms with Gasteiger partial charge in [0.25, 0.3) is 0 Å². The molecule has 2 N–H and O–H groups in total. The van der Waals surface area contributed by atoms with Crippen LogP contribution in [-0.4, -0.2) is 4.98 Å². The molecule has 0 radical (unpaired) electrons. The highest BCUT2D eigenvalue weighted by Gasteiger charge is 2.31. The van der Waals surface area contributed by atoms with E-state index in [0.717, 1.165) is 18.2 Å². The van der Waals surface area contributed by atoms with Gasteiger partial charge >= 0.3 is 6.18 Å². The van der Waals surface area contributed by atoms with Gasteiger partial charge in [-0.1, -0.05) is 0 Å². The van der Waals surface area contributed by atoms with Gasteiger partial charge in [0, 0.05) is 5.56 Å². The number of fused-ring (bicyclic) bond motifs is 1. The number of hydrogen-bond acceptors (Lipinski definition) is 3. The van der Waals surface area contributed by atoms with E-state index in [1.54, 1.807) is 0 Å². The number of aromatic nitrogens is 1. The lowest BCUT2D eigenvalue weighted by atomic mass is 10.2. The van der Waals surface area contributed by atoms with Gasteiger partial charge in [-0.3, -0.25) is 0 Å². The van der Waals surface area contributed by atoms with Crippen LogP contribution >= 0.6 is 0 Å². The van der Waals surface area contributed by atoms with Crippen molar-refractivity contribution in [2.45, 2.75) is 6.18 Å². The normalized spacial score (nSPS) is 12.0. The van der Waals surface area contributed by atoms with Gasteiger partial charge in [0.1, 0.15) is 11.3 Å². The molecule has 3 nitrogen and oxygen atoms in total. The highest BCUT2D eigenvalue weighted by molar-refractivity contribution is 5.77. The van der Waals surface area contributed by atoms with Gasteiger partial charge in [-0.05, 0) is 36.4 Å². The Balaban J connectivity index is 2.10. The van der Waals surface area contributed by atoms with Crippen LogP contribution in [0.3, 0.4) is 0 Å². The molecule has 3 rings (SSSR count). The second-order valence-electron chi connectivity index (χ2n) is 4.44. The van der Waals surface area contributed by atoms with Crippen LogP contribution in [0.5, 0.6) is 0 Å². The van der Waals surface area contributed by atoms with E-state index in [2.05, 4.69) is 4.98 Å². The molecule has 0 amide bonds. The Kier molecular flexibility index (Phi) is 2.86. The highest BCUT2D eigenvalue weighted by atomic mass is 19.4. The molecule has 0 unspecified atom stereocenters. The van der Waals surface area contributed by atoms with Crippen molar-refractivity contribution in [3.8, 4) is 11.5 Å². The molecular weight excluding hydrogens is 288 g/mol. The molecule has 0 aliphatic rings. The van der Waals surface area contributed by atoms with Gasteiger partial charge in [-0.25, -0.2) is 9.37 Å². The largest absolute Gasteiger partial charge is 0.436 e. The second kappa shape index (κ2) is 4.47. The van der Waals surface area contributed by atoms with E-state index in [1.807, 2.05) is 0 Å². The first-order valence-corrected chi connectivity index (χ1v) is 5.88. The maximum atomic E-state index is 13.1. The van der Waals surface area contributed by atoms with Gasteiger partial charge < -0.3 is 10.2 Å². The lowest BCUT2D eigenvalue weighted by Gasteiger charge is -2.04. The molecule has 0 fully saturated rings. The minimum Gasteiger partial charge on any atom is -0.436 e. The molecule has 3 aromatic rings. The number of nitrogens with zero attached hydrogens (tertiary/aromatic N) is 1. The van der Waals surface area contributed by atoms with E-state index < -0.39 is 17.6 Å². The van der Waals surface area contributed by atoms with Gasteiger partial charge in [0.05, 0.1) is 11.3 Å². The van der Waals surface area contributed by atoms with Crippen molar-refractivity contribution in [2.75, 3.05) is 5.73 Å². The fourth-order valence-corrected chi connectivity index (χ4v) is 1.90. The molecule has 2 aromatic carbocycles. The summed E-state index contributed by atoms with van der Waals surface area (Å²) < 4.78 is 56.3. The number of anilines is 1. The Hall–Kier alpha value is -2.57. The van der Waals surface area contributed by atoms with Gasteiger partial charge in [-0.15, -0.1) is 0 Å². The minimum absolute atomic E-state index is 0.0720. The summed E-state index contributed by atoms with van der Waals surface area (Å²) in [6.07, 6.45) is -4.45. The summed E-state index contributed by atoms with van der Waals surface area (Å²) in [5.74, 6) is -0.509. The van der Waals surface area contributed by atoms with Gasteiger partial charge in [0.15, 0.2) is 5.58 Å². The Morgan fingerprint density at radius 3 is 2.48 bits per heavy atom. The van der Waals surface area contributed by atoms with E-state index in [-0.39, 0.29) is 22.7 Å². The quantitative estimate of drug-likeness (QED) is 0.540. The second-order valence-corrected chi connectivity index (χ2v) is 4.44. The zero-order valence-corrected chi connectivity index (χ0v) is 10.4. The standard InChI is InChI=1S/C14H8F4N2O/c15-9-3-1-7(5-10(9)19)13-20-11-6-8(14(16,17)18)2-4-12(11)21-13/h1-6H,19H2. The van der Waals surface area contributed by atoms with E-state index in [4.69, 9.17) is 10.2 Å². The molecule has 7 heteroatoms. The number of rotatable bonds is 1. The summed E-state index contributed by atoms with van der Waals surface area (Å²) in [5.41, 5.74) is 5.21. The maximum Gasteiger partial charge on any atom is 0.416 e. The average molecular weight is 296 g/mol. The smallest absolute Gasteiger partial charge is 0.416 e. The zero-order valence-electron chi connectivity index (χ0n) is 10.4. The third-order valence-electron chi connectivity index (χ3n) is 2.96. The third-order valence-corrected chi connectivity index (χ3v) is 2.96. The van der Waals surface area contributed by atoms with Crippen molar-refractivity contribution >= 4 is 16.8 Å². The third kappa shape index (κ3) is 2.42. The Morgan fingerprint density at radius 1 is 1.05 bits per heavy atom. The molecule has 0 saturated carbocycles. The molecular formula is C14H8F4N2O. The number of halogens is 4. The molecule has 0 spiro atoms. The van der Waals surface area contributed by atoms with Crippen LogP contribution in [0, 0.1) is 5.82 Å². The fraction of sp³-hybridized carbons (Fsp3) is 0.0714. The highest BCUT2D eigenvalue weighted by Crippen LogP contribution is 2.33. The molecule has 21 heavy (non-hydrogen) atoms. The first-order chi connectivity index (χ1) is 9.84. The number of nitrogen functional groups attached to an aromatic ring is 1. The van der Waals surface area contributed by atoms with Crippen molar-refractivity contribution in [2.24, 2.45) is 0 Å². The molecule has 1 aromatic heterocycles. The first kappa shape index (κ1) is 13.4. The molecule has 0 bridgehead atoms. The number of nitrogens with two attached hydrogens (primary N) is 1. The van der Waals surface area contributed by atoms with Crippen LogP contribution in [0.1, 0.15) is 5.56 Å². The first-order valence-electron chi connectivity index (χ1n) is 5.88. The fourth-order valence-electron chi connectivity index (χ4n) is 1.90. The Morgan fingerprint density at radius 2 is 1.81 bits per heavy atom. The van der Waals surface area contributed by atoms with Crippen LogP contribution in [0.2, 0.25) is 0 Å². The van der Waals surface area contributed by atoms with E-state index in [9.17, 15) is 17.6 Å². The summed E-state index contributed by atoms with van der Waals surface area (Å²) >= 11 is 0. The number of oxazole rings is 1.